The highest BCUT2D eigenvalue weighted by atomic mass is 32.2. The summed E-state index contributed by atoms with van der Waals surface area (Å²) in [5.74, 6) is 0.170. The third-order valence-corrected chi connectivity index (χ3v) is 5.68. The molecule has 0 fully saturated rings. The first-order chi connectivity index (χ1) is 9.90. The molecule has 5 nitrogen and oxygen atoms in total. The Kier molecular flexibility index (Phi) is 7.83. The summed E-state index contributed by atoms with van der Waals surface area (Å²) < 4.78 is 32.6. The first-order valence-electron chi connectivity index (χ1n) is 7.20. The number of methoxy groups -OCH3 is 1. The number of ether oxygens (including phenoxy) is 1. The predicted molar refractivity (Wildman–Crippen MR) is 87.1 cm³/mol. The average Bonchev–Trinajstić information content (AvgIpc) is 2.88. The molecule has 2 N–H and O–H groups in total. The van der Waals surface area contributed by atoms with Gasteiger partial charge in [-0.25, -0.2) is 13.1 Å². The monoisotopic (exact) mass is 334 g/mol. The van der Waals surface area contributed by atoms with Crippen LogP contribution in [0.2, 0.25) is 0 Å². The third kappa shape index (κ3) is 6.04. The second-order valence-corrected chi connectivity index (χ2v) is 8.06. The van der Waals surface area contributed by atoms with Gasteiger partial charge in [0.15, 0.2) is 0 Å². The van der Waals surface area contributed by atoms with Gasteiger partial charge in [-0.3, -0.25) is 0 Å². The van der Waals surface area contributed by atoms with Gasteiger partial charge >= 0.3 is 0 Å². The van der Waals surface area contributed by atoms with E-state index in [0.29, 0.717) is 18.0 Å². The minimum absolute atomic E-state index is 0.170. The summed E-state index contributed by atoms with van der Waals surface area (Å²) in [6.45, 7) is 8.05. The average molecular weight is 335 g/mol. The van der Waals surface area contributed by atoms with Crippen LogP contribution in [0.15, 0.2) is 16.3 Å². The first-order valence-corrected chi connectivity index (χ1v) is 9.56. The van der Waals surface area contributed by atoms with Gasteiger partial charge in [-0.05, 0) is 24.9 Å². The third-order valence-electron chi connectivity index (χ3n) is 3.12. The van der Waals surface area contributed by atoms with Crippen LogP contribution in [0.3, 0.4) is 0 Å². The molecule has 21 heavy (non-hydrogen) atoms. The smallest absolute Gasteiger partial charge is 0.241 e. The van der Waals surface area contributed by atoms with Crippen LogP contribution in [0, 0.1) is 5.92 Å². The fourth-order valence-electron chi connectivity index (χ4n) is 1.79. The lowest BCUT2D eigenvalue weighted by atomic mass is 10.1. The molecule has 0 spiro atoms. The highest BCUT2D eigenvalue weighted by Gasteiger charge is 2.23. The van der Waals surface area contributed by atoms with E-state index < -0.39 is 10.0 Å². The van der Waals surface area contributed by atoms with Gasteiger partial charge in [-0.1, -0.05) is 20.8 Å². The van der Waals surface area contributed by atoms with Crippen molar-refractivity contribution >= 4 is 21.4 Å². The Morgan fingerprint density at radius 1 is 1.38 bits per heavy atom. The molecule has 0 aliphatic rings. The van der Waals surface area contributed by atoms with Gasteiger partial charge < -0.3 is 10.1 Å². The Bertz CT molecular complexity index is 512. The fraction of sp³-hybridized carbons (Fsp3) is 0.714. The molecule has 0 aliphatic heterocycles. The van der Waals surface area contributed by atoms with E-state index >= 15 is 0 Å². The predicted octanol–water partition coefficient (Wildman–Crippen LogP) is 2.20. The number of rotatable bonds is 10. The number of sulfonamides is 1. The number of thiophene rings is 1. The Morgan fingerprint density at radius 2 is 2.10 bits per heavy atom. The molecule has 1 aromatic rings. The van der Waals surface area contributed by atoms with Crippen LogP contribution < -0.4 is 10.0 Å². The molecular weight excluding hydrogens is 308 g/mol. The fourth-order valence-corrected chi connectivity index (χ4v) is 4.41. The Balaban J connectivity index is 2.73. The van der Waals surface area contributed by atoms with E-state index in [1.165, 1.54) is 11.3 Å². The Labute approximate surface area is 132 Å². The number of hydrogen-bond acceptors (Lipinski definition) is 5. The number of hydrogen-bond donors (Lipinski definition) is 2. The van der Waals surface area contributed by atoms with Crippen molar-refractivity contribution < 1.29 is 13.2 Å². The largest absolute Gasteiger partial charge is 0.383 e. The quantitative estimate of drug-likeness (QED) is 0.644. The van der Waals surface area contributed by atoms with Crippen molar-refractivity contribution in [3.63, 3.8) is 0 Å². The molecule has 122 valence electrons. The van der Waals surface area contributed by atoms with E-state index in [-0.39, 0.29) is 12.0 Å². The molecule has 1 heterocycles. The van der Waals surface area contributed by atoms with Gasteiger partial charge in [-0.2, -0.15) is 0 Å². The van der Waals surface area contributed by atoms with Crippen LogP contribution in [0.1, 0.15) is 32.1 Å². The van der Waals surface area contributed by atoms with E-state index in [9.17, 15) is 8.42 Å². The maximum Gasteiger partial charge on any atom is 0.241 e. The van der Waals surface area contributed by atoms with Crippen molar-refractivity contribution in [2.75, 3.05) is 20.3 Å². The van der Waals surface area contributed by atoms with E-state index in [1.807, 2.05) is 13.8 Å². The molecule has 0 aromatic carbocycles. The topological polar surface area (TPSA) is 67.4 Å². The van der Waals surface area contributed by atoms with Crippen LogP contribution in [0.25, 0.3) is 0 Å². The molecule has 7 heteroatoms. The first kappa shape index (κ1) is 18.6. The summed E-state index contributed by atoms with van der Waals surface area (Å²) in [4.78, 5) is 1.36. The number of nitrogens with one attached hydrogen (secondary N) is 2. The second-order valence-electron chi connectivity index (χ2n) is 5.35. The minimum Gasteiger partial charge on any atom is -0.383 e. The van der Waals surface area contributed by atoms with E-state index in [4.69, 9.17) is 4.74 Å². The molecule has 0 saturated heterocycles. The van der Waals surface area contributed by atoms with Gasteiger partial charge in [0.2, 0.25) is 10.0 Å². The molecule has 1 aromatic heterocycles. The highest BCUT2D eigenvalue weighted by molar-refractivity contribution is 7.89. The lowest BCUT2D eigenvalue weighted by molar-refractivity contribution is 0.157. The summed E-state index contributed by atoms with van der Waals surface area (Å²) in [7, 11) is -1.91. The van der Waals surface area contributed by atoms with Crippen molar-refractivity contribution in [2.24, 2.45) is 5.92 Å². The van der Waals surface area contributed by atoms with Crippen molar-refractivity contribution in [3.8, 4) is 0 Å². The molecule has 0 aliphatic carbocycles. The lowest BCUT2D eigenvalue weighted by Gasteiger charge is -2.20. The SMILES string of the molecule is CCCNCc1cc(S(=O)(=O)NC(COC)C(C)C)cs1. The Morgan fingerprint density at radius 3 is 2.67 bits per heavy atom. The van der Waals surface area contributed by atoms with Crippen LogP contribution in [0.5, 0.6) is 0 Å². The van der Waals surface area contributed by atoms with Crippen molar-refractivity contribution in [2.45, 2.75) is 44.7 Å². The normalized spacial score (nSPS) is 13.8. The molecule has 0 saturated carbocycles. The lowest BCUT2D eigenvalue weighted by Crippen LogP contribution is -2.41. The molecule has 1 rings (SSSR count). The summed E-state index contributed by atoms with van der Waals surface area (Å²) in [5.41, 5.74) is 0. The van der Waals surface area contributed by atoms with Crippen LogP contribution in [0.4, 0.5) is 0 Å². The van der Waals surface area contributed by atoms with Crippen molar-refractivity contribution in [3.05, 3.63) is 16.3 Å². The summed E-state index contributed by atoms with van der Waals surface area (Å²) in [5, 5.41) is 4.96. The van der Waals surface area contributed by atoms with Crippen molar-refractivity contribution in [1.29, 1.82) is 0 Å². The van der Waals surface area contributed by atoms with E-state index in [0.717, 1.165) is 17.8 Å². The summed E-state index contributed by atoms with van der Waals surface area (Å²) in [6, 6.07) is 1.52. The minimum atomic E-state index is -3.48. The van der Waals surface area contributed by atoms with Crippen molar-refractivity contribution in [1.82, 2.24) is 10.0 Å². The summed E-state index contributed by atoms with van der Waals surface area (Å²) in [6.07, 6.45) is 1.06. The highest BCUT2D eigenvalue weighted by Crippen LogP contribution is 2.20. The van der Waals surface area contributed by atoms with Gasteiger partial charge in [0.05, 0.1) is 11.5 Å². The zero-order valence-corrected chi connectivity index (χ0v) is 14.8. The standard InChI is InChI=1S/C14H26N2O3S2/c1-5-6-15-8-12-7-13(10-20-12)21(17,18)16-14(9-19-4)11(2)3/h7,10-11,14-16H,5-6,8-9H2,1-4H3. The Hall–Kier alpha value is -0.470. The molecule has 1 atom stereocenters. The van der Waals surface area contributed by atoms with E-state index in [2.05, 4.69) is 17.0 Å². The van der Waals surface area contributed by atoms with E-state index in [1.54, 1.807) is 18.6 Å². The van der Waals surface area contributed by atoms with Gasteiger partial charge in [-0.15, -0.1) is 11.3 Å². The maximum absolute atomic E-state index is 12.4. The van der Waals surface area contributed by atoms with Gasteiger partial charge in [0.25, 0.3) is 0 Å². The molecule has 0 radical (unpaired) electrons. The second kappa shape index (κ2) is 8.85. The van der Waals surface area contributed by atoms with Crippen LogP contribution >= 0.6 is 11.3 Å². The zero-order valence-electron chi connectivity index (χ0n) is 13.2. The molecular formula is C14H26N2O3S2. The molecule has 1 unspecified atom stereocenters. The summed E-state index contributed by atoms with van der Waals surface area (Å²) >= 11 is 1.46. The van der Waals surface area contributed by atoms with Gasteiger partial charge in [0.1, 0.15) is 0 Å². The van der Waals surface area contributed by atoms with Crippen LogP contribution in [-0.2, 0) is 21.3 Å². The van der Waals surface area contributed by atoms with Crippen LogP contribution in [-0.4, -0.2) is 34.7 Å². The molecule has 0 bridgehead atoms. The molecule has 0 amide bonds. The zero-order chi connectivity index (χ0) is 15.9. The van der Waals surface area contributed by atoms with Gasteiger partial charge in [0, 0.05) is 30.0 Å². The maximum atomic E-state index is 12.4.